The lowest BCUT2D eigenvalue weighted by Gasteiger charge is -2.48. The van der Waals surface area contributed by atoms with Crippen LogP contribution in [0.1, 0.15) is 107 Å². The minimum Gasteiger partial charge on any atom is -0.508 e. The van der Waals surface area contributed by atoms with Gasteiger partial charge in [0, 0.05) is 41.0 Å². The third-order valence-corrected chi connectivity index (χ3v) is 8.95. The Hall–Kier alpha value is -3.20. The van der Waals surface area contributed by atoms with Crippen molar-refractivity contribution in [1.29, 1.82) is 0 Å². The molecule has 0 amide bonds. The van der Waals surface area contributed by atoms with Gasteiger partial charge in [-0.3, -0.25) is 0 Å². The number of aromatic hydroxyl groups is 1. The van der Waals surface area contributed by atoms with Gasteiger partial charge in [0.1, 0.15) is 5.75 Å². The number of rotatable bonds is 8. The maximum absolute atomic E-state index is 10.5. The Bertz CT molecular complexity index is 1270. The van der Waals surface area contributed by atoms with E-state index in [-0.39, 0.29) is 5.41 Å². The molecular formula is C37H50N2O. The number of nitrogens with zero attached hydrogens (tertiary/aromatic N) is 1. The molecule has 0 radical (unpaired) electrons. The molecule has 2 atom stereocenters. The number of piperidine rings is 1. The third-order valence-electron chi connectivity index (χ3n) is 8.95. The lowest BCUT2D eigenvalue weighted by atomic mass is 9.69. The molecule has 2 fully saturated rings. The van der Waals surface area contributed by atoms with Crippen molar-refractivity contribution in [3.05, 3.63) is 101 Å². The van der Waals surface area contributed by atoms with Crippen molar-refractivity contribution in [2.45, 2.75) is 103 Å². The molecule has 3 heteroatoms. The van der Waals surface area contributed by atoms with Gasteiger partial charge < -0.3 is 15.3 Å². The summed E-state index contributed by atoms with van der Waals surface area (Å²) >= 11 is 0. The molecule has 3 aromatic rings. The predicted molar refractivity (Wildman–Crippen MR) is 172 cm³/mol. The maximum Gasteiger partial charge on any atom is 0.115 e. The van der Waals surface area contributed by atoms with Crippen LogP contribution in [-0.4, -0.2) is 23.7 Å². The van der Waals surface area contributed by atoms with E-state index in [0.29, 0.717) is 29.7 Å². The zero-order valence-corrected chi connectivity index (χ0v) is 25.8. The van der Waals surface area contributed by atoms with Crippen molar-refractivity contribution in [3.63, 3.8) is 0 Å². The highest BCUT2D eigenvalue weighted by Gasteiger charge is 2.49. The van der Waals surface area contributed by atoms with Crippen LogP contribution in [0.25, 0.3) is 5.70 Å². The van der Waals surface area contributed by atoms with Crippen molar-refractivity contribution in [2.75, 3.05) is 11.4 Å². The van der Waals surface area contributed by atoms with Crippen LogP contribution in [-0.2, 0) is 5.41 Å². The summed E-state index contributed by atoms with van der Waals surface area (Å²) < 4.78 is 0. The van der Waals surface area contributed by atoms with Crippen LogP contribution in [0.2, 0.25) is 0 Å². The fourth-order valence-corrected chi connectivity index (χ4v) is 7.14. The van der Waals surface area contributed by atoms with E-state index in [1.807, 2.05) is 26.0 Å². The Morgan fingerprint density at radius 1 is 0.900 bits per heavy atom. The standard InChI is InChI=1S/C35H44N2O.C2H6/c1-23(2)32-14-9-15-33(24(3)4)34(32)26(6)36-22-35(27-11-8-13-31(38)19-27)20-29-16-17-30(21-35)37(29)28-12-7-10-25(5)18-28;1-2/h7-15,18-19,23-24,29-30,36,38H,6,16-17,20-22H2,1-5H3;1-2H3. The monoisotopic (exact) mass is 538 g/mol. The van der Waals surface area contributed by atoms with Gasteiger partial charge in [0.15, 0.2) is 0 Å². The maximum atomic E-state index is 10.5. The smallest absolute Gasteiger partial charge is 0.115 e. The molecular weight excluding hydrogens is 488 g/mol. The first-order chi connectivity index (χ1) is 19.2. The van der Waals surface area contributed by atoms with Crippen LogP contribution in [0.15, 0.2) is 73.3 Å². The van der Waals surface area contributed by atoms with Crippen LogP contribution in [0.5, 0.6) is 5.75 Å². The topological polar surface area (TPSA) is 35.5 Å². The van der Waals surface area contributed by atoms with Gasteiger partial charge in [0.25, 0.3) is 0 Å². The Kier molecular flexibility index (Phi) is 9.33. The molecule has 2 aliphatic heterocycles. The summed E-state index contributed by atoms with van der Waals surface area (Å²) in [6.45, 7) is 20.7. The highest BCUT2D eigenvalue weighted by molar-refractivity contribution is 5.69. The van der Waals surface area contributed by atoms with Gasteiger partial charge >= 0.3 is 0 Å². The normalized spacial score (nSPS) is 21.8. The van der Waals surface area contributed by atoms with Gasteiger partial charge in [-0.05, 0) is 91.0 Å². The van der Waals surface area contributed by atoms with E-state index in [1.54, 1.807) is 6.07 Å². The molecule has 0 aromatic heterocycles. The Balaban J connectivity index is 0.00000181. The molecule has 0 saturated carbocycles. The number of phenolic OH excluding ortho intramolecular Hbond substituents is 1. The summed E-state index contributed by atoms with van der Waals surface area (Å²) in [6.07, 6.45) is 4.55. The Labute approximate surface area is 243 Å². The average molecular weight is 539 g/mol. The SMILES string of the molecule is C=C(NCC1(c2cccc(O)c2)CC2CCC(C1)N2c1cccc(C)c1)c1c(C(C)C)cccc1C(C)C.CC. The van der Waals surface area contributed by atoms with E-state index >= 15 is 0 Å². The molecule has 3 aromatic carbocycles. The van der Waals surface area contributed by atoms with Gasteiger partial charge in [0.2, 0.25) is 0 Å². The summed E-state index contributed by atoms with van der Waals surface area (Å²) in [5.41, 5.74) is 8.85. The van der Waals surface area contributed by atoms with E-state index in [4.69, 9.17) is 0 Å². The highest BCUT2D eigenvalue weighted by Crippen LogP contribution is 2.49. The number of hydrogen-bond donors (Lipinski definition) is 2. The number of aryl methyl sites for hydroxylation is 1. The first-order valence-electron chi connectivity index (χ1n) is 15.4. The minimum absolute atomic E-state index is 0.0708. The van der Waals surface area contributed by atoms with Crippen LogP contribution >= 0.6 is 0 Å². The number of anilines is 1. The van der Waals surface area contributed by atoms with E-state index in [1.165, 1.54) is 46.3 Å². The minimum atomic E-state index is -0.0708. The van der Waals surface area contributed by atoms with Crippen molar-refractivity contribution in [2.24, 2.45) is 0 Å². The van der Waals surface area contributed by atoms with Gasteiger partial charge in [-0.2, -0.15) is 0 Å². The molecule has 40 heavy (non-hydrogen) atoms. The fraction of sp³-hybridized carbons (Fsp3) is 0.459. The van der Waals surface area contributed by atoms with Crippen LogP contribution in [0.3, 0.4) is 0 Å². The van der Waals surface area contributed by atoms with E-state index in [2.05, 4.69) is 99.9 Å². The van der Waals surface area contributed by atoms with Crippen molar-refractivity contribution >= 4 is 11.4 Å². The Morgan fingerprint density at radius 3 is 2.02 bits per heavy atom. The summed E-state index contributed by atoms with van der Waals surface area (Å²) in [5.74, 6) is 1.20. The van der Waals surface area contributed by atoms with E-state index in [0.717, 1.165) is 25.1 Å². The number of fused-ring (bicyclic) bond motifs is 2. The second kappa shape index (κ2) is 12.5. The molecule has 3 nitrogen and oxygen atoms in total. The molecule has 2 aliphatic rings. The highest BCUT2D eigenvalue weighted by atomic mass is 16.3. The largest absolute Gasteiger partial charge is 0.508 e. The second-order valence-electron chi connectivity index (χ2n) is 12.3. The number of phenols is 1. The quantitative estimate of drug-likeness (QED) is 0.300. The second-order valence-corrected chi connectivity index (χ2v) is 12.3. The average Bonchev–Trinajstić information content (AvgIpc) is 3.22. The molecule has 5 rings (SSSR count). The lowest BCUT2D eigenvalue weighted by Crippen LogP contribution is -2.53. The van der Waals surface area contributed by atoms with Crippen molar-refractivity contribution < 1.29 is 5.11 Å². The van der Waals surface area contributed by atoms with Gasteiger partial charge in [-0.25, -0.2) is 0 Å². The molecule has 214 valence electrons. The summed E-state index contributed by atoms with van der Waals surface area (Å²) in [4.78, 5) is 2.69. The lowest BCUT2D eigenvalue weighted by molar-refractivity contribution is 0.276. The van der Waals surface area contributed by atoms with Crippen LogP contribution in [0.4, 0.5) is 5.69 Å². The number of hydrogen-bond acceptors (Lipinski definition) is 3. The van der Waals surface area contributed by atoms with Gasteiger partial charge in [-0.15, -0.1) is 0 Å². The molecule has 2 heterocycles. The van der Waals surface area contributed by atoms with Crippen LogP contribution in [0, 0.1) is 6.92 Å². The summed E-state index contributed by atoms with van der Waals surface area (Å²) in [5, 5.41) is 14.3. The fourth-order valence-electron chi connectivity index (χ4n) is 7.14. The first kappa shape index (κ1) is 29.8. The molecule has 2 bridgehead atoms. The molecule has 2 unspecified atom stereocenters. The molecule has 2 N–H and O–H groups in total. The van der Waals surface area contributed by atoms with E-state index < -0.39 is 0 Å². The zero-order chi connectivity index (χ0) is 29.0. The molecule has 2 saturated heterocycles. The van der Waals surface area contributed by atoms with Crippen LogP contribution < -0.4 is 10.2 Å². The molecule has 0 aliphatic carbocycles. The predicted octanol–water partition coefficient (Wildman–Crippen LogP) is 9.30. The molecule has 0 spiro atoms. The van der Waals surface area contributed by atoms with Crippen molar-refractivity contribution in [1.82, 2.24) is 5.32 Å². The third kappa shape index (κ3) is 5.94. The summed E-state index contributed by atoms with van der Waals surface area (Å²) in [6, 6.07) is 24.6. The first-order valence-corrected chi connectivity index (χ1v) is 15.4. The van der Waals surface area contributed by atoms with Gasteiger partial charge in [0.05, 0.1) is 0 Å². The van der Waals surface area contributed by atoms with Crippen molar-refractivity contribution in [3.8, 4) is 5.75 Å². The number of benzene rings is 3. The van der Waals surface area contributed by atoms with Gasteiger partial charge in [-0.1, -0.05) is 90.6 Å². The van der Waals surface area contributed by atoms with E-state index in [9.17, 15) is 5.11 Å². The zero-order valence-electron chi connectivity index (χ0n) is 25.8. The summed E-state index contributed by atoms with van der Waals surface area (Å²) in [7, 11) is 0. The number of nitrogens with one attached hydrogen (secondary N) is 1. The Morgan fingerprint density at radius 2 is 1.48 bits per heavy atom.